The molecule has 3 rings (SSSR count). The average Bonchev–Trinajstić information content (AvgIpc) is 2.55. The molecule has 2 N–H and O–H groups in total. The van der Waals surface area contributed by atoms with Gasteiger partial charge in [-0.05, 0) is 47.7 Å². The van der Waals surface area contributed by atoms with Crippen molar-refractivity contribution < 1.29 is 12.8 Å². The quantitative estimate of drug-likeness (QED) is 0.734. The largest absolute Gasteiger partial charge is 0.322 e. The smallest absolute Gasteiger partial charge is 0.252 e. The van der Waals surface area contributed by atoms with E-state index in [1.165, 1.54) is 24.3 Å². The summed E-state index contributed by atoms with van der Waals surface area (Å²) in [4.78, 5) is 14.9. The molecule has 0 spiro atoms. The molecule has 0 atom stereocenters. The number of halogens is 1. The molecule has 130 valence electrons. The molecule has 2 aromatic carbocycles. The van der Waals surface area contributed by atoms with Crippen LogP contribution in [0.1, 0.15) is 16.7 Å². The lowest BCUT2D eigenvalue weighted by atomic mass is 10.1. The number of hydrogen-bond acceptors (Lipinski definition) is 3. The lowest BCUT2D eigenvalue weighted by Crippen LogP contribution is -2.28. The summed E-state index contributed by atoms with van der Waals surface area (Å²) in [5.41, 5.74) is 2.21. The summed E-state index contributed by atoms with van der Waals surface area (Å²) < 4.78 is 39.6. The number of benzene rings is 2. The van der Waals surface area contributed by atoms with E-state index in [1.54, 1.807) is 6.07 Å². The van der Waals surface area contributed by atoms with Gasteiger partial charge in [-0.1, -0.05) is 24.3 Å². The Morgan fingerprint density at radius 1 is 1.08 bits per heavy atom. The maximum Gasteiger partial charge on any atom is 0.252 e. The zero-order valence-electron chi connectivity index (χ0n) is 13.5. The first-order valence-electron chi connectivity index (χ1n) is 7.67. The minimum Gasteiger partial charge on any atom is -0.322 e. The van der Waals surface area contributed by atoms with Gasteiger partial charge < -0.3 is 4.98 Å². The Morgan fingerprint density at radius 3 is 2.52 bits per heavy atom. The first kappa shape index (κ1) is 17.3. The van der Waals surface area contributed by atoms with Gasteiger partial charge >= 0.3 is 0 Å². The zero-order valence-corrected chi connectivity index (χ0v) is 14.4. The van der Waals surface area contributed by atoms with Crippen molar-refractivity contribution in [3.8, 4) is 0 Å². The fourth-order valence-electron chi connectivity index (χ4n) is 2.53. The van der Waals surface area contributed by atoms with E-state index < -0.39 is 15.8 Å². The number of fused-ring (bicyclic) bond motifs is 1. The Hall–Kier alpha value is -2.51. The molecule has 1 aromatic heterocycles. The highest BCUT2D eigenvalue weighted by Crippen LogP contribution is 2.13. The number of aromatic nitrogens is 1. The van der Waals surface area contributed by atoms with E-state index in [9.17, 15) is 17.6 Å². The number of pyridine rings is 1. The first-order chi connectivity index (χ1) is 11.8. The molecule has 5 nitrogen and oxygen atoms in total. The number of aromatic amines is 1. The van der Waals surface area contributed by atoms with Crippen LogP contribution in [0, 0.1) is 12.7 Å². The van der Waals surface area contributed by atoms with Crippen LogP contribution in [0.5, 0.6) is 0 Å². The van der Waals surface area contributed by atoms with Crippen molar-refractivity contribution >= 4 is 20.9 Å². The third-order valence-corrected chi connectivity index (χ3v) is 5.13. The number of H-pyrrole nitrogens is 1. The van der Waals surface area contributed by atoms with Crippen molar-refractivity contribution in [1.82, 2.24) is 9.71 Å². The molecule has 0 amide bonds. The molecule has 0 aliphatic rings. The van der Waals surface area contributed by atoms with Crippen LogP contribution in [0.15, 0.2) is 53.3 Å². The average molecular weight is 360 g/mol. The minimum absolute atomic E-state index is 0.108. The van der Waals surface area contributed by atoms with Crippen molar-refractivity contribution in [2.24, 2.45) is 0 Å². The van der Waals surface area contributed by atoms with Crippen LogP contribution in [0.3, 0.4) is 0 Å². The van der Waals surface area contributed by atoms with Gasteiger partial charge in [-0.3, -0.25) is 4.79 Å². The Balaban J connectivity index is 1.77. The van der Waals surface area contributed by atoms with Crippen molar-refractivity contribution in [3.05, 3.63) is 81.4 Å². The Labute approximate surface area is 144 Å². The summed E-state index contributed by atoms with van der Waals surface area (Å²) in [6.45, 7) is 1.82. The molecular formula is C18H17FN2O3S. The van der Waals surface area contributed by atoms with Crippen molar-refractivity contribution in [1.29, 1.82) is 0 Å². The highest BCUT2D eigenvalue weighted by atomic mass is 32.2. The molecule has 0 aliphatic heterocycles. The lowest BCUT2D eigenvalue weighted by molar-refractivity contribution is 0.580. The predicted molar refractivity (Wildman–Crippen MR) is 95.2 cm³/mol. The van der Waals surface area contributed by atoms with Gasteiger partial charge in [-0.2, -0.15) is 0 Å². The number of sulfonamides is 1. The summed E-state index contributed by atoms with van der Waals surface area (Å²) in [7, 11) is -3.65. The van der Waals surface area contributed by atoms with Gasteiger partial charge in [0.1, 0.15) is 5.82 Å². The SMILES string of the molecule is Cc1ccc2cc(CNS(=O)(=O)Cc3ccc(F)cc3)c(=O)[nH]c2c1. The molecule has 25 heavy (non-hydrogen) atoms. The van der Waals surface area contributed by atoms with Gasteiger partial charge in [0.25, 0.3) is 5.56 Å². The third-order valence-electron chi connectivity index (χ3n) is 3.83. The molecule has 3 aromatic rings. The van der Waals surface area contributed by atoms with Crippen LogP contribution in [-0.4, -0.2) is 13.4 Å². The second-order valence-corrected chi connectivity index (χ2v) is 7.73. The van der Waals surface area contributed by atoms with E-state index in [-0.39, 0.29) is 17.9 Å². The van der Waals surface area contributed by atoms with E-state index in [2.05, 4.69) is 9.71 Å². The Morgan fingerprint density at radius 2 is 1.80 bits per heavy atom. The summed E-state index contributed by atoms with van der Waals surface area (Å²) in [5.74, 6) is -0.704. The van der Waals surface area contributed by atoms with Crippen LogP contribution in [0.25, 0.3) is 10.9 Å². The second-order valence-electron chi connectivity index (χ2n) is 5.92. The molecule has 0 saturated carbocycles. The highest BCUT2D eigenvalue weighted by molar-refractivity contribution is 7.88. The van der Waals surface area contributed by atoms with Gasteiger partial charge in [0.2, 0.25) is 10.0 Å². The Bertz CT molecular complexity index is 1070. The van der Waals surface area contributed by atoms with E-state index in [1.807, 2.05) is 25.1 Å². The molecule has 0 aliphatic carbocycles. The van der Waals surface area contributed by atoms with Crippen molar-refractivity contribution in [2.45, 2.75) is 19.2 Å². The molecular weight excluding hydrogens is 343 g/mol. The molecule has 0 bridgehead atoms. The van der Waals surface area contributed by atoms with Crippen LogP contribution in [0.2, 0.25) is 0 Å². The standard InChI is InChI=1S/C18H17FN2O3S/c1-12-2-5-14-9-15(18(22)21-17(14)8-12)10-20-25(23,24)11-13-3-6-16(19)7-4-13/h2-9,20H,10-11H2,1H3,(H,21,22). The number of rotatable bonds is 5. The number of hydrogen-bond donors (Lipinski definition) is 2. The summed E-state index contributed by atoms with van der Waals surface area (Å²) in [6.07, 6.45) is 0. The van der Waals surface area contributed by atoms with E-state index in [4.69, 9.17) is 0 Å². The van der Waals surface area contributed by atoms with E-state index in [0.29, 0.717) is 16.6 Å². The van der Waals surface area contributed by atoms with Gasteiger partial charge in [0.15, 0.2) is 0 Å². The molecule has 0 fully saturated rings. The maximum absolute atomic E-state index is 12.9. The number of aryl methyl sites for hydroxylation is 1. The highest BCUT2D eigenvalue weighted by Gasteiger charge is 2.13. The van der Waals surface area contributed by atoms with Crippen LogP contribution in [-0.2, 0) is 22.3 Å². The van der Waals surface area contributed by atoms with Crippen LogP contribution < -0.4 is 10.3 Å². The Kier molecular flexibility index (Phi) is 4.69. The molecule has 0 saturated heterocycles. The summed E-state index contributed by atoms with van der Waals surface area (Å²) in [6, 6.07) is 12.6. The monoisotopic (exact) mass is 360 g/mol. The zero-order chi connectivity index (χ0) is 18.0. The molecule has 0 unspecified atom stereocenters. The van der Waals surface area contributed by atoms with Crippen molar-refractivity contribution in [3.63, 3.8) is 0 Å². The van der Waals surface area contributed by atoms with E-state index in [0.717, 1.165) is 10.9 Å². The maximum atomic E-state index is 12.9. The van der Waals surface area contributed by atoms with Crippen LogP contribution >= 0.6 is 0 Å². The molecule has 0 radical (unpaired) electrons. The molecule has 1 heterocycles. The van der Waals surface area contributed by atoms with Crippen LogP contribution in [0.4, 0.5) is 4.39 Å². The summed E-state index contributed by atoms with van der Waals surface area (Å²) in [5, 5.41) is 0.831. The predicted octanol–water partition coefficient (Wildman–Crippen LogP) is 2.60. The summed E-state index contributed by atoms with van der Waals surface area (Å²) >= 11 is 0. The fraction of sp³-hybridized carbons (Fsp3) is 0.167. The van der Waals surface area contributed by atoms with Crippen molar-refractivity contribution in [2.75, 3.05) is 0 Å². The lowest BCUT2D eigenvalue weighted by Gasteiger charge is -2.08. The number of nitrogens with one attached hydrogen (secondary N) is 2. The fourth-order valence-corrected chi connectivity index (χ4v) is 3.64. The van der Waals surface area contributed by atoms with E-state index >= 15 is 0 Å². The van der Waals surface area contributed by atoms with Gasteiger partial charge in [0.05, 0.1) is 5.75 Å². The normalized spacial score (nSPS) is 11.8. The van der Waals surface area contributed by atoms with Gasteiger partial charge in [0, 0.05) is 17.6 Å². The molecule has 7 heteroatoms. The topological polar surface area (TPSA) is 79.0 Å². The minimum atomic E-state index is -3.65. The van der Waals surface area contributed by atoms with Gasteiger partial charge in [-0.25, -0.2) is 17.5 Å². The first-order valence-corrected chi connectivity index (χ1v) is 9.32. The van der Waals surface area contributed by atoms with Gasteiger partial charge in [-0.15, -0.1) is 0 Å². The second kappa shape index (κ2) is 6.78. The third kappa shape index (κ3) is 4.32.